The molecule has 0 aromatic carbocycles. The summed E-state index contributed by atoms with van der Waals surface area (Å²) in [6, 6.07) is 0. The van der Waals surface area contributed by atoms with E-state index < -0.39 is 0 Å². The summed E-state index contributed by atoms with van der Waals surface area (Å²) in [7, 11) is 0. The Labute approximate surface area is 68.2 Å². The van der Waals surface area contributed by atoms with Crippen LogP contribution in [0.1, 0.15) is 27.2 Å². The minimum Gasteiger partial charge on any atom is -0.392 e. The van der Waals surface area contributed by atoms with Crippen molar-refractivity contribution in [3.05, 3.63) is 0 Å². The van der Waals surface area contributed by atoms with E-state index in [9.17, 15) is 5.11 Å². The van der Waals surface area contributed by atoms with Crippen LogP contribution in [-0.4, -0.2) is 22.7 Å². The first-order valence-corrected chi connectivity index (χ1v) is 5.07. The van der Waals surface area contributed by atoms with E-state index >= 15 is 0 Å². The average molecular weight is 162 g/mol. The number of aliphatic hydroxyl groups is 1. The molecule has 0 aliphatic heterocycles. The summed E-state index contributed by atoms with van der Waals surface area (Å²) in [5, 5.41) is 9.84. The van der Waals surface area contributed by atoms with Crippen molar-refractivity contribution < 1.29 is 5.11 Å². The molecule has 0 spiro atoms. The summed E-state index contributed by atoms with van der Waals surface area (Å²) in [5.41, 5.74) is 0. The van der Waals surface area contributed by atoms with Crippen molar-refractivity contribution in [2.45, 2.75) is 38.5 Å². The Kier molecular flexibility index (Phi) is 5.18. The lowest BCUT2D eigenvalue weighted by Gasteiger charge is -2.18. The molecule has 10 heavy (non-hydrogen) atoms. The van der Waals surface area contributed by atoms with Crippen LogP contribution in [0.3, 0.4) is 0 Å². The molecule has 0 aromatic rings. The number of rotatable bonds is 4. The number of aliphatic hydroxyl groups excluding tert-OH is 1. The van der Waals surface area contributed by atoms with Gasteiger partial charge in [0.05, 0.1) is 6.10 Å². The first-order valence-electron chi connectivity index (χ1n) is 3.78. The summed E-state index contributed by atoms with van der Waals surface area (Å²) in [6.07, 6.45) is 2.82. The Morgan fingerprint density at radius 2 is 1.80 bits per heavy atom. The van der Waals surface area contributed by atoms with E-state index in [1.807, 2.05) is 6.26 Å². The van der Waals surface area contributed by atoms with Gasteiger partial charge in [0.2, 0.25) is 0 Å². The molecule has 2 unspecified atom stereocenters. The van der Waals surface area contributed by atoms with Gasteiger partial charge in [-0.2, -0.15) is 11.8 Å². The fourth-order valence-corrected chi connectivity index (χ4v) is 1.26. The average Bonchev–Trinajstić information content (AvgIpc) is 1.85. The third-order valence-electron chi connectivity index (χ3n) is 1.63. The number of thioether (sulfide) groups is 1. The minimum atomic E-state index is -0.130. The van der Waals surface area contributed by atoms with Gasteiger partial charge in [-0.3, -0.25) is 0 Å². The smallest absolute Gasteiger partial charge is 0.0658 e. The van der Waals surface area contributed by atoms with Crippen molar-refractivity contribution in [1.29, 1.82) is 0 Å². The molecule has 0 aliphatic rings. The zero-order valence-corrected chi connectivity index (χ0v) is 8.11. The summed E-state index contributed by atoms with van der Waals surface area (Å²) in [4.78, 5) is 0. The van der Waals surface area contributed by atoms with Crippen molar-refractivity contribution in [3.63, 3.8) is 0 Å². The van der Waals surface area contributed by atoms with Gasteiger partial charge in [0.15, 0.2) is 0 Å². The van der Waals surface area contributed by atoms with Crippen LogP contribution in [0.25, 0.3) is 0 Å². The van der Waals surface area contributed by atoms with E-state index in [0.29, 0.717) is 11.2 Å². The lowest BCUT2D eigenvalue weighted by molar-refractivity contribution is 0.150. The van der Waals surface area contributed by atoms with Crippen molar-refractivity contribution in [2.75, 3.05) is 6.26 Å². The van der Waals surface area contributed by atoms with Crippen LogP contribution in [-0.2, 0) is 0 Å². The molecular weight excluding hydrogens is 144 g/mol. The van der Waals surface area contributed by atoms with Gasteiger partial charge in [-0.05, 0) is 18.6 Å². The maximum absolute atomic E-state index is 9.47. The second-order valence-electron chi connectivity index (χ2n) is 3.14. The maximum atomic E-state index is 9.47. The van der Waals surface area contributed by atoms with Crippen molar-refractivity contribution in [3.8, 4) is 0 Å². The van der Waals surface area contributed by atoms with Crippen LogP contribution in [0.15, 0.2) is 0 Å². The fraction of sp³-hybridized carbons (Fsp3) is 1.00. The molecule has 0 bridgehead atoms. The van der Waals surface area contributed by atoms with E-state index in [4.69, 9.17) is 0 Å². The lowest BCUT2D eigenvalue weighted by Crippen LogP contribution is -2.21. The Morgan fingerprint density at radius 1 is 1.30 bits per heavy atom. The van der Waals surface area contributed by atoms with E-state index in [1.165, 1.54) is 0 Å². The predicted molar refractivity (Wildman–Crippen MR) is 48.4 cm³/mol. The molecule has 62 valence electrons. The van der Waals surface area contributed by atoms with E-state index in [1.54, 1.807) is 11.8 Å². The molecule has 0 rings (SSSR count). The zero-order valence-electron chi connectivity index (χ0n) is 7.29. The first kappa shape index (κ1) is 10.3. The van der Waals surface area contributed by atoms with Crippen LogP contribution in [0.5, 0.6) is 0 Å². The van der Waals surface area contributed by atoms with Crippen LogP contribution in [0, 0.1) is 5.92 Å². The van der Waals surface area contributed by atoms with Gasteiger partial charge in [-0.1, -0.05) is 20.8 Å². The predicted octanol–water partition coefficient (Wildman–Crippen LogP) is 2.14. The largest absolute Gasteiger partial charge is 0.392 e. The van der Waals surface area contributed by atoms with Crippen molar-refractivity contribution >= 4 is 11.8 Å². The Bertz CT molecular complexity index is 83.3. The second-order valence-corrected chi connectivity index (χ2v) is 4.35. The second kappa shape index (κ2) is 5.03. The highest BCUT2D eigenvalue weighted by Crippen LogP contribution is 2.16. The maximum Gasteiger partial charge on any atom is 0.0658 e. The highest BCUT2D eigenvalue weighted by atomic mass is 32.2. The molecular formula is C8H18OS. The molecule has 0 fully saturated rings. The molecule has 0 radical (unpaired) electrons. The fourth-order valence-electron chi connectivity index (χ4n) is 0.832. The molecule has 1 nitrogen and oxygen atoms in total. The third kappa shape index (κ3) is 4.18. The number of hydrogen-bond donors (Lipinski definition) is 1. The summed E-state index contributed by atoms with van der Waals surface area (Å²) >= 11 is 1.72. The zero-order chi connectivity index (χ0) is 8.15. The highest BCUT2D eigenvalue weighted by molar-refractivity contribution is 7.99. The van der Waals surface area contributed by atoms with Gasteiger partial charge in [-0.25, -0.2) is 0 Å². The monoisotopic (exact) mass is 162 g/mol. The van der Waals surface area contributed by atoms with Crippen LogP contribution in [0.4, 0.5) is 0 Å². The Morgan fingerprint density at radius 3 is 2.10 bits per heavy atom. The quantitative estimate of drug-likeness (QED) is 0.683. The summed E-state index contributed by atoms with van der Waals surface area (Å²) in [6.45, 7) is 6.34. The molecule has 1 N–H and O–H groups in total. The van der Waals surface area contributed by atoms with Crippen molar-refractivity contribution in [2.24, 2.45) is 5.92 Å². The Hall–Kier alpha value is 0.310. The summed E-state index contributed by atoms with van der Waals surface area (Å²) in [5.74, 6) is 0.601. The minimum absolute atomic E-state index is 0.130. The van der Waals surface area contributed by atoms with Gasteiger partial charge in [0.25, 0.3) is 0 Å². The first-order chi connectivity index (χ1) is 4.57. The van der Waals surface area contributed by atoms with Gasteiger partial charge in [-0.15, -0.1) is 0 Å². The molecule has 2 heteroatoms. The van der Waals surface area contributed by atoms with E-state index in [-0.39, 0.29) is 6.10 Å². The van der Waals surface area contributed by atoms with Gasteiger partial charge < -0.3 is 5.11 Å². The molecule has 2 atom stereocenters. The van der Waals surface area contributed by atoms with Crippen LogP contribution < -0.4 is 0 Å². The van der Waals surface area contributed by atoms with Crippen LogP contribution in [0.2, 0.25) is 0 Å². The molecule has 0 aromatic heterocycles. The van der Waals surface area contributed by atoms with E-state index in [2.05, 4.69) is 20.8 Å². The standard InChI is InChI=1S/C8H18OS/c1-6(2)5-8(9)7(3)10-4/h6-9H,5H2,1-4H3. The van der Waals surface area contributed by atoms with Gasteiger partial charge in [0.1, 0.15) is 0 Å². The molecule has 0 heterocycles. The molecule has 0 saturated heterocycles. The lowest BCUT2D eigenvalue weighted by atomic mass is 10.0. The molecule has 0 aliphatic carbocycles. The number of hydrogen-bond acceptors (Lipinski definition) is 2. The van der Waals surface area contributed by atoms with Gasteiger partial charge >= 0.3 is 0 Å². The Balaban J connectivity index is 3.50. The molecule has 0 saturated carbocycles. The van der Waals surface area contributed by atoms with Crippen molar-refractivity contribution in [1.82, 2.24) is 0 Å². The summed E-state index contributed by atoms with van der Waals surface area (Å²) < 4.78 is 0. The van der Waals surface area contributed by atoms with Crippen LogP contribution >= 0.6 is 11.8 Å². The SMILES string of the molecule is CSC(C)C(O)CC(C)C. The van der Waals surface area contributed by atoms with Gasteiger partial charge in [0, 0.05) is 5.25 Å². The third-order valence-corrected chi connectivity index (χ3v) is 2.68. The molecule has 0 amide bonds. The van der Waals surface area contributed by atoms with E-state index in [0.717, 1.165) is 6.42 Å². The topological polar surface area (TPSA) is 20.2 Å². The highest BCUT2D eigenvalue weighted by Gasteiger charge is 2.13. The normalized spacial score (nSPS) is 17.4.